The maximum Gasteiger partial charge on any atom is 0.238 e. The van der Waals surface area contributed by atoms with Crippen LogP contribution in [0.15, 0.2) is 0 Å². The van der Waals surface area contributed by atoms with Crippen LogP contribution in [0.3, 0.4) is 0 Å². The van der Waals surface area contributed by atoms with Gasteiger partial charge in [0, 0.05) is 5.54 Å². The first-order valence-electron chi connectivity index (χ1n) is 5.36. The first-order valence-corrected chi connectivity index (χ1v) is 5.80. The normalized spacial score (nSPS) is 20.9. The largest absolute Gasteiger partial charge is 0.350 e. The van der Waals surface area contributed by atoms with Crippen molar-refractivity contribution in [2.24, 2.45) is 5.92 Å². The number of nitrogens with one attached hydrogen (secondary N) is 1. The van der Waals surface area contributed by atoms with Crippen molar-refractivity contribution >= 4 is 17.5 Å². The molecule has 0 aliphatic heterocycles. The maximum absolute atomic E-state index is 11.7. The van der Waals surface area contributed by atoms with Crippen molar-refractivity contribution in [2.45, 2.75) is 57.4 Å². The van der Waals surface area contributed by atoms with Crippen molar-refractivity contribution in [3.8, 4) is 0 Å². The van der Waals surface area contributed by atoms with Gasteiger partial charge in [0.05, 0.1) is 0 Å². The van der Waals surface area contributed by atoms with Crippen molar-refractivity contribution < 1.29 is 4.79 Å². The molecule has 1 amide bonds. The van der Waals surface area contributed by atoms with Gasteiger partial charge in [0.25, 0.3) is 0 Å². The van der Waals surface area contributed by atoms with Gasteiger partial charge in [-0.1, -0.05) is 12.8 Å². The van der Waals surface area contributed by atoms with Gasteiger partial charge in [0.2, 0.25) is 5.91 Å². The minimum absolute atomic E-state index is 0.00827. The Morgan fingerprint density at radius 1 is 1.36 bits per heavy atom. The molecule has 1 rings (SSSR count). The number of alkyl halides is 1. The molecule has 0 aromatic carbocycles. The van der Waals surface area contributed by atoms with Gasteiger partial charge >= 0.3 is 0 Å². The fourth-order valence-corrected chi connectivity index (χ4v) is 2.21. The van der Waals surface area contributed by atoms with E-state index in [4.69, 9.17) is 11.6 Å². The summed E-state index contributed by atoms with van der Waals surface area (Å²) < 4.78 is 0. The van der Waals surface area contributed by atoms with Crippen molar-refractivity contribution in [1.82, 2.24) is 5.32 Å². The molecule has 14 heavy (non-hydrogen) atoms. The van der Waals surface area contributed by atoms with Crippen LogP contribution in [0.1, 0.15) is 46.5 Å². The van der Waals surface area contributed by atoms with Gasteiger partial charge in [-0.05, 0) is 39.5 Å². The number of halogens is 1. The maximum atomic E-state index is 11.7. The molecule has 3 heteroatoms. The minimum Gasteiger partial charge on any atom is -0.350 e. The van der Waals surface area contributed by atoms with Crippen molar-refractivity contribution in [3.63, 3.8) is 0 Å². The van der Waals surface area contributed by atoms with E-state index in [0.717, 1.165) is 12.8 Å². The van der Waals surface area contributed by atoms with E-state index in [1.165, 1.54) is 12.8 Å². The van der Waals surface area contributed by atoms with Gasteiger partial charge in [0.1, 0.15) is 5.38 Å². The molecule has 0 radical (unpaired) electrons. The topological polar surface area (TPSA) is 29.1 Å². The van der Waals surface area contributed by atoms with Crippen LogP contribution in [0.5, 0.6) is 0 Å². The summed E-state index contributed by atoms with van der Waals surface area (Å²) in [7, 11) is 0. The highest BCUT2D eigenvalue weighted by Crippen LogP contribution is 2.30. The summed E-state index contributed by atoms with van der Waals surface area (Å²) in [6.45, 7) is 5.93. The summed E-state index contributed by atoms with van der Waals surface area (Å²) in [5.74, 6) is 0.380. The molecule has 1 aliphatic carbocycles. The Bertz CT molecular complexity index is 204. The molecule has 1 unspecified atom stereocenters. The molecule has 82 valence electrons. The van der Waals surface area contributed by atoms with E-state index in [0.29, 0.717) is 5.92 Å². The fraction of sp³-hybridized carbons (Fsp3) is 0.909. The van der Waals surface area contributed by atoms with Gasteiger partial charge in [-0.3, -0.25) is 4.79 Å². The standard InChI is InChI=1S/C11H20ClNO/c1-11(2,3)13-10(14)9(12)8-6-4-5-7-8/h8-9H,4-7H2,1-3H3,(H,13,14). The van der Waals surface area contributed by atoms with Crippen molar-refractivity contribution in [1.29, 1.82) is 0 Å². The highest BCUT2D eigenvalue weighted by Gasteiger charge is 2.30. The summed E-state index contributed by atoms with van der Waals surface area (Å²) in [6.07, 6.45) is 4.64. The zero-order valence-corrected chi connectivity index (χ0v) is 10.0. The number of hydrogen-bond donors (Lipinski definition) is 1. The third kappa shape index (κ3) is 3.49. The first kappa shape index (κ1) is 11.8. The van der Waals surface area contributed by atoms with E-state index in [2.05, 4.69) is 5.32 Å². The Morgan fingerprint density at radius 2 is 1.86 bits per heavy atom. The lowest BCUT2D eigenvalue weighted by atomic mass is 10.0. The third-order valence-corrected chi connectivity index (χ3v) is 3.12. The molecule has 1 aliphatic rings. The molecule has 0 bridgehead atoms. The molecule has 0 spiro atoms. The lowest BCUT2D eigenvalue weighted by molar-refractivity contribution is -0.123. The Kier molecular flexibility index (Phi) is 3.82. The SMILES string of the molecule is CC(C)(C)NC(=O)C(Cl)C1CCCC1. The molecule has 1 atom stereocenters. The van der Waals surface area contributed by atoms with Crippen LogP contribution < -0.4 is 5.32 Å². The molecule has 1 fully saturated rings. The lowest BCUT2D eigenvalue weighted by Crippen LogP contribution is -2.46. The zero-order chi connectivity index (χ0) is 10.8. The van der Waals surface area contributed by atoms with E-state index in [-0.39, 0.29) is 16.8 Å². The van der Waals surface area contributed by atoms with Gasteiger partial charge in [-0.25, -0.2) is 0 Å². The lowest BCUT2D eigenvalue weighted by Gasteiger charge is -2.24. The minimum atomic E-state index is -0.336. The molecule has 0 aromatic heterocycles. The molecule has 0 heterocycles. The van der Waals surface area contributed by atoms with Crippen molar-refractivity contribution in [2.75, 3.05) is 0 Å². The van der Waals surface area contributed by atoms with Crippen LogP contribution in [-0.2, 0) is 4.79 Å². The van der Waals surface area contributed by atoms with Crippen LogP contribution in [0, 0.1) is 5.92 Å². The summed E-state index contributed by atoms with van der Waals surface area (Å²) in [5.41, 5.74) is -0.178. The zero-order valence-electron chi connectivity index (χ0n) is 9.27. The molecule has 2 nitrogen and oxygen atoms in total. The first-order chi connectivity index (χ1) is 6.40. The second kappa shape index (κ2) is 4.52. The Hall–Kier alpha value is -0.240. The summed E-state index contributed by atoms with van der Waals surface area (Å²) in [6, 6.07) is 0. The second-order valence-corrected chi connectivity index (χ2v) is 5.66. The van der Waals surface area contributed by atoms with Gasteiger partial charge in [0.15, 0.2) is 0 Å². The third-order valence-electron chi connectivity index (χ3n) is 2.56. The highest BCUT2D eigenvalue weighted by atomic mass is 35.5. The van der Waals surface area contributed by atoms with E-state index < -0.39 is 0 Å². The van der Waals surface area contributed by atoms with Crippen LogP contribution in [0.2, 0.25) is 0 Å². The Labute approximate surface area is 91.4 Å². The van der Waals surface area contributed by atoms with Crippen LogP contribution in [-0.4, -0.2) is 16.8 Å². The van der Waals surface area contributed by atoms with Crippen LogP contribution >= 0.6 is 11.6 Å². The average Bonchev–Trinajstić information content (AvgIpc) is 2.51. The molecular formula is C11H20ClNO. The van der Waals surface area contributed by atoms with E-state index in [9.17, 15) is 4.79 Å². The average molecular weight is 218 g/mol. The Morgan fingerprint density at radius 3 is 2.29 bits per heavy atom. The Balaban J connectivity index is 2.43. The number of amides is 1. The number of carbonyl (C=O) groups is 1. The predicted octanol–water partition coefficient (Wildman–Crippen LogP) is 2.70. The van der Waals surface area contributed by atoms with E-state index >= 15 is 0 Å². The predicted molar refractivity (Wildman–Crippen MR) is 59.5 cm³/mol. The molecular weight excluding hydrogens is 198 g/mol. The van der Waals surface area contributed by atoms with Crippen LogP contribution in [0.4, 0.5) is 0 Å². The van der Waals surface area contributed by atoms with Gasteiger partial charge in [-0.15, -0.1) is 11.6 Å². The summed E-state index contributed by atoms with van der Waals surface area (Å²) in [5, 5.41) is 2.59. The van der Waals surface area contributed by atoms with E-state index in [1.807, 2.05) is 20.8 Å². The molecule has 0 saturated heterocycles. The van der Waals surface area contributed by atoms with Gasteiger partial charge < -0.3 is 5.32 Å². The monoisotopic (exact) mass is 217 g/mol. The van der Waals surface area contributed by atoms with Crippen molar-refractivity contribution in [3.05, 3.63) is 0 Å². The summed E-state index contributed by atoms with van der Waals surface area (Å²) >= 11 is 6.13. The quantitative estimate of drug-likeness (QED) is 0.709. The van der Waals surface area contributed by atoms with E-state index in [1.54, 1.807) is 0 Å². The smallest absolute Gasteiger partial charge is 0.238 e. The molecule has 0 aromatic rings. The molecule has 1 N–H and O–H groups in total. The number of hydrogen-bond acceptors (Lipinski definition) is 1. The summed E-state index contributed by atoms with van der Waals surface area (Å²) in [4.78, 5) is 11.7. The number of rotatable bonds is 2. The fourth-order valence-electron chi connectivity index (χ4n) is 1.90. The second-order valence-electron chi connectivity index (χ2n) is 5.19. The highest BCUT2D eigenvalue weighted by molar-refractivity contribution is 6.31. The number of carbonyl (C=O) groups excluding carboxylic acids is 1. The van der Waals surface area contributed by atoms with Gasteiger partial charge in [-0.2, -0.15) is 0 Å². The van der Waals surface area contributed by atoms with Crippen LogP contribution in [0.25, 0.3) is 0 Å². The molecule has 1 saturated carbocycles.